The number of aryl methyl sites for hydroxylation is 1. The zero-order valence-corrected chi connectivity index (χ0v) is 22.0. The Balaban J connectivity index is 1.70. The highest BCUT2D eigenvalue weighted by atomic mass is 35.5. The summed E-state index contributed by atoms with van der Waals surface area (Å²) in [4.78, 5) is 36.6. The van der Waals surface area contributed by atoms with Gasteiger partial charge in [-0.15, -0.1) is 16.8 Å². The molecule has 12 heteroatoms. The Labute approximate surface area is 222 Å². The third-order valence-electron chi connectivity index (χ3n) is 4.94. The Bertz CT molecular complexity index is 1290. The van der Waals surface area contributed by atoms with E-state index in [1.165, 1.54) is 32.4 Å². The number of carbonyl (C=O) groups is 3. The molecular formula is C25H25ClN4O6S. The van der Waals surface area contributed by atoms with Gasteiger partial charge in [-0.05, 0) is 42.8 Å². The molecular weight excluding hydrogens is 520 g/mol. The van der Waals surface area contributed by atoms with Crippen molar-refractivity contribution >= 4 is 46.9 Å². The molecule has 10 nitrogen and oxygen atoms in total. The summed E-state index contributed by atoms with van der Waals surface area (Å²) in [6, 6.07) is 9.62. The van der Waals surface area contributed by atoms with Crippen molar-refractivity contribution in [2.75, 3.05) is 25.3 Å². The molecule has 0 bridgehead atoms. The van der Waals surface area contributed by atoms with Crippen molar-refractivity contribution < 1.29 is 28.6 Å². The molecule has 1 heterocycles. The van der Waals surface area contributed by atoms with Gasteiger partial charge in [0.05, 0.1) is 36.1 Å². The van der Waals surface area contributed by atoms with Crippen LogP contribution in [0.25, 0.3) is 0 Å². The van der Waals surface area contributed by atoms with Crippen molar-refractivity contribution in [1.29, 1.82) is 0 Å². The van der Waals surface area contributed by atoms with Crippen LogP contribution in [0, 0.1) is 6.92 Å². The molecule has 2 aromatic carbocycles. The number of hydrogen-bond acceptors (Lipinski definition) is 9. The second-order valence-electron chi connectivity index (χ2n) is 7.64. The van der Waals surface area contributed by atoms with E-state index < -0.39 is 11.9 Å². The first-order chi connectivity index (χ1) is 17.7. The number of amides is 1. The summed E-state index contributed by atoms with van der Waals surface area (Å²) in [6.07, 6.45) is 1.68. The number of methoxy groups -OCH3 is 2. The Morgan fingerprint density at radius 3 is 2.38 bits per heavy atom. The lowest BCUT2D eigenvalue weighted by Crippen LogP contribution is -2.16. The van der Waals surface area contributed by atoms with Crippen LogP contribution < -0.4 is 10.1 Å². The van der Waals surface area contributed by atoms with E-state index in [-0.39, 0.29) is 35.1 Å². The smallest absolute Gasteiger partial charge is 0.337 e. The number of carbonyl (C=O) groups excluding carboxylic acids is 3. The van der Waals surface area contributed by atoms with Gasteiger partial charge in [0.2, 0.25) is 5.91 Å². The first kappa shape index (κ1) is 27.8. The van der Waals surface area contributed by atoms with E-state index in [0.29, 0.717) is 28.3 Å². The lowest BCUT2D eigenvalue weighted by molar-refractivity contribution is -0.113. The predicted molar refractivity (Wildman–Crippen MR) is 139 cm³/mol. The average molecular weight is 545 g/mol. The molecule has 3 aromatic rings. The molecule has 1 aromatic heterocycles. The maximum absolute atomic E-state index is 12.7. The van der Waals surface area contributed by atoms with E-state index in [2.05, 4.69) is 22.1 Å². The van der Waals surface area contributed by atoms with Crippen LogP contribution in [0.3, 0.4) is 0 Å². The second kappa shape index (κ2) is 12.9. The van der Waals surface area contributed by atoms with E-state index >= 15 is 0 Å². The van der Waals surface area contributed by atoms with Crippen LogP contribution in [0.4, 0.5) is 5.69 Å². The minimum atomic E-state index is -0.658. The maximum atomic E-state index is 12.7. The van der Waals surface area contributed by atoms with Gasteiger partial charge in [-0.25, -0.2) is 9.59 Å². The number of halogens is 1. The fraction of sp³-hybridized carbons (Fsp3) is 0.240. The van der Waals surface area contributed by atoms with E-state index in [1.807, 2.05) is 19.1 Å². The lowest BCUT2D eigenvalue weighted by atomic mass is 10.1. The maximum Gasteiger partial charge on any atom is 0.337 e. The SMILES string of the molecule is C=CCn1c(COc2cc(C)ccc2Cl)nnc1SCC(=O)Nc1cc(C(=O)OC)cc(C(=O)OC)c1. The molecule has 1 amide bonds. The third kappa shape index (κ3) is 7.34. The monoisotopic (exact) mass is 544 g/mol. The minimum Gasteiger partial charge on any atom is -0.484 e. The number of ether oxygens (including phenoxy) is 3. The van der Waals surface area contributed by atoms with E-state index in [9.17, 15) is 14.4 Å². The number of nitrogens with zero attached hydrogens (tertiary/aromatic N) is 3. The molecule has 0 radical (unpaired) electrons. The number of nitrogens with one attached hydrogen (secondary N) is 1. The summed E-state index contributed by atoms with van der Waals surface area (Å²) in [5.41, 5.74) is 1.44. The minimum absolute atomic E-state index is 0.0180. The second-order valence-corrected chi connectivity index (χ2v) is 8.99. The molecule has 0 atom stereocenters. The van der Waals surface area contributed by atoms with Gasteiger partial charge in [0, 0.05) is 12.2 Å². The average Bonchev–Trinajstić information content (AvgIpc) is 3.28. The molecule has 0 unspecified atom stereocenters. The standard InChI is InChI=1S/C25H25ClN4O6S/c1-5-8-30-21(13-36-20-9-15(2)6-7-19(20)26)28-29-25(30)37-14-22(31)27-18-11-16(23(32)34-3)10-17(12-18)24(33)35-4/h5-7,9-12H,1,8,13-14H2,2-4H3,(H,27,31). The third-order valence-corrected chi connectivity index (χ3v) is 6.22. The number of rotatable bonds is 11. The van der Waals surface area contributed by atoms with Gasteiger partial charge >= 0.3 is 11.9 Å². The summed E-state index contributed by atoms with van der Waals surface area (Å²) < 4.78 is 17.0. The fourth-order valence-electron chi connectivity index (χ4n) is 3.21. The predicted octanol–water partition coefficient (Wildman–Crippen LogP) is 4.31. The summed E-state index contributed by atoms with van der Waals surface area (Å²) in [7, 11) is 2.44. The molecule has 0 fully saturated rings. The zero-order chi connectivity index (χ0) is 26.9. The first-order valence-corrected chi connectivity index (χ1v) is 12.3. The van der Waals surface area contributed by atoms with Crippen molar-refractivity contribution in [2.24, 2.45) is 0 Å². The Kier molecular flexibility index (Phi) is 9.70. The molecule has 194 valence electrons. The number of esters is 2. The van der Waals surface area contributed by atoms with E-state index in [1.54, 1.807) is 16.7 Å². The van der Waals surface area contributed by atoms with Crippen molar-refractivity contribution in [2.45, 2.75) is 25.2 Å². The molecule has 0 aliphatic carbocycles. The molecule has 0 saturated heterocycles. The number of hydrogen-bond donors (Lipinski definition) is 1. The molecule has 0 saturated carbocycles. The highest BCUT2D eigenvalue weighted by Gasteiger charge is 2.17. The van der Waals surface area contributed by atoms with Crippen molar-refractivity contribution in [1.82, 2.24) is 14.8 Å². The van der Waals surface area contributed by atoms with Gasteiger partial charge in [0.1, 0.15) is 12.4 Å². The molecule has 0 spiro atoms. The summed E-state index contributed by atoms with van der Waals surface area (Å²) >= 11 is 7.36. The number of benzene rings is 2. The summed E-state index contributed by atoms with van der Waals surface area (Å²) in [5.74, 6) is -0.654. The number of anilines is 1. The molecule has 3 rings (SSSR count). The van der Waals surface area contributed by atoms with Gasteiger partial charge in [0.25, 0.3) is 0 Å². The lowest BCUT2D eigenvalue weighted by Gasteiger charge is -2.11. The number of allylic oxidation sites excluding steroid dienone is 1. The Morgan fingerprint density at radius 1 is 1.08 bits per heavy atom. The highest BCUT2D eigenvalue weighted by Crippen LogP contribution is 2.27. The first-order valence-electron chi connectivity index (χ1n) is 10.9. The molecule has 0 aliphatic rings. The van der Waals surface area contributed by atoms with Crippen LogP contribution in [0.5, 0.6) is 5.75 Å². The fourth-order valence-corrected chi connectivity index (χ4v) is 4.15. The van der Waals surface area contributed by atoms with Crippen LogP contribution >= 0.6 is 23.4 Å². The largest absolute Gasteiger partial charge is 0.484 e. The quantitative estimate of drug-likeness (QED) is 0.214. The number of thioether (sulfide) groups is 1. The van der Waals surface area contributed by atoms with Gasteiger partial charge < -0.3 is 19.5 Å². The van der Waals surface area contributed by atoms with Crippen LogP contribution in [0.15, 0.2) is 54.2 Å². The normalized spacial score (nSPS) is 10.5. The van der Waals surface area contributed by atoms with Gasteiger partial charge in [-0.1, -0.05) is 35.5 Å². The molecule has 1 N–H and O–H groups in total. The van der Waals surface area contributed by atoms with Crippen LogP contribution in [-0.2, 0) is 27.4 Å². The number of aromatic nitrogens is 3. The Morgan fingerprint density at radius 2 is 1.76 bits per heavy atom. The van der Waals surface area contributed by atoms with Gasteiger partial charge in [-0.2, -0.15) is 0 Å². The topological polar surface area (TPSA) is 122 Å². The van der Waals surface area contributed by atoms with Gasteiger partial charge in [-0.3, -0.25) is 9.36 Å². The van der Waals surface area contributed by atoms with Crippen molar-refractivity contribution in [3.63, 3.8) is 0 Å². The highest BCUT2D eigenvalue weighted by molar-refractivity contribution is 7.99. The van der Waals surface area contributed by atoms with Crippen LogP contribution in [-0.4, -0.2) is 52.6 Å². The zero-order valence-electron chi connectivity index (χ0n) is 20.4. The van der Waals surface area contributed by atoms with Crippen molar-refractivity contribution in [3.8, 4) is 5.75 Å². The van der Waals surface area contributed by atoms with Crippen molar-refractivity contribution in [3.05, 3.63) is 76.6 Å². The molecule has 37 heavy (non-hydrogen) atoms. The van der Waals surface area contributed by atoms with E-state index in [4.69, 9.17) is 25.8 Å². The van der Waals surface area contributed by atoms with Crippen LogP contribution in [0.2, 0.25) is 5.02 Å². The Hall–Kier alpha value is -3.83. The van der Waals surface area contributed by atoms with E-state index in [0.717, 1.165) is 17.3 Å². The van der Waals surface area contributed by atoms with Crippen LogP contribution in [0.1, 0.15) is 32.1 Å². The molecule has 0 aliphatic heterocycles. The van der Waals surface area contributed by atoms with Gasteiger partial charge in [0.15, 0.2) is 11.0 Å². The summed E-state index contributed by atoms with van der Waals surface area (Å²) in [6.45, 7) is 6.23. The summed E-state index contributed by atoms with van der Waals surface area (Å²) in [5, 5.41) is 12.0.